The monoisotopic (exact) mass is 218 g/mol. The maximum Gasteiger partial charge on any atom is 0.250 e. The topological polar surface area (TPSA) is 34.0 Å². The van der Waals surface area contributed by atoms with Crippen LogP contribution in [0.4, 0.5) is 0 Å². The molecule has 0 aliphatic heterocycles. The van der Waals surface area contributed by atoms with E-state index in [1.807, 2.05) is 6.07 Å². The van der Waals surface area contributed by atoms with Gasteiger partial charge in [-0.05, 0) is 12.5 Å². The summed E-state index contributed by atoms with van der Waals surface area (Å²) < 4.78 is 1.67. The van der Waals surface area contributed by atoms with E-state index in [9.17, 15) is 4.79 Å². The Morgan fingerprint density at radius 2 is 2.38 bits per heavy atom. The highest BCUT2D eigenvalue weighted by Gasteiger charge is 2.01. The van der Waals surface area contributed by atoms with Gasteiger partial charge in [-0.2, -0.15) is 0 Å². The molecule has 1 N–H and O–H groups in total. The molecular weight excluding hydrogens is 200 g/mol. The Balaban J connectivity index is 2.39. The Morgan fingerprint density at radius 3 is 3.00 bits per heavy atom. The summed E-state index contributed by atoms with van der Waals surface area (Å²) in [5.41, 5.74) is 0.0250. The number of rotatable bonds is 6. The molecule has 1 rings (SSSR count). The Bertz CT molecular complexity index is 403. The van der Waals surface area contributed by atoms with E-state index in [0.717, 1.165) is 19.4 Å². The average Bonchev–Trinajstić information content (AvgIpc) is 2.30. The fourth-order valence-electron chi connectivity index (χ4n) is 1.54. The van der Waals surface area contributed by atoms with Crippen LogP contribution in [-0.4, -0.2) is 17.2 Å². The molecule has 3 nitrogen and oxygen atoms in total. The minimum Gasteiger partial charge on any atom is -0.314 e. The van der Waals surface area contributed by atoms with Crippen molar-refractivity contribution in [3.8, 4) is 12.3 Å². The molecule has 1 atom stereocenters. The van der Waals surface area contributed by atoms with Crippen LogP contribution < -0.4 is 10.9 Å². The highest BCUT2D eigenvalue weighted by molar-refractivity contribution is 4.98. The fourth-order valence-corrected chi connectivity index (χ4v) is 1.54. The van der Waals surface area contributed by atoms with Crippen molar-refractivity contribution >= 4 is 0 Å². The van der Waals surface area contributed by atoms with Crippen LogP contribution in [0.25, 0.3) is 0 Å². The van der Waals surface area contributed by atoms with Gasteiger partial charge in [-0.25, -0.2) is 0 Å². The van der Waals surface area contributed by atoms with Gasteiger partial charge in [-0.15, -0.1) is 6.42 Å². The second-order valence-electron chi connectivity index (χ2n) is 3.69. The van der Waals surface area contributed by atoms with Crippen molar-refractivity contribution in [2.24, 2.45) is 0 Å². The normalized spacial score (nSPS) is 12.0. The van der Waals surface area contributed by atoms with Crippen molar-refractivity contribution in [1.29, 1.82) is 0 Å². The number of hydrogen-bond donors (Lipinski definition) is 1. The number of aromatic nitrogens is 1. The largest absolute Gasteiger partial charge is 0.314 e. The minimum atomic E-state index is 0.0250. The molecule has 1 aromatic heterocycles. The molecule has 1 unspecified atom stereocenters. The molecule has 0 saturated carbocycles. The molecule has 0 fully saturated rings. The van der Waals surface area contributed by atoms with Gasteiger partial charge in [0.15, 0.2) is 0 Å². The lowest BCUT2D eigenvalue weighted by Gasteiger charge is -2.12. The summed E-state index contributed by atoms with van der Waals surface area (Å²) in [6.45, 7) is 3.48. The quantitative estimate of drug-likeness (QED) is 0.729. The van der Waals surface area contributed by atoms with E-state index in [2.05, 4.69) is 18.2 Å². The molecule has 0 aliphatic rings. The third-order valence-electron chi connectivity index (χ3n) is 2.42. The van der Waals surface area contributed by atoms with E-state index in [1.54, 1.807) is 22.9 Å². The molecule has 3 heteroatoms. The zero-order valence-corrected chi connectivity index (χ0v) is 9.65. The zero-order valence-electron chi connectivity index (χ0n) is 9.65. The summed E-state index contributed by atoms with van der Waals surface area (Å²) in [7, 11) is 0. The second-order valence-corrected chi connectivity index (χ2v) is 3.69. The molecule has 0 bridgehead atoms. The lowest BCUT2D eigenvalue weighted by atomic mass is 10.2. The second kappa shape index (κ2) is 6.86. The van der Waals surface area contributed by atoms with Gasteiger partial charge in [0.05, 0.1) is 6.04 Å². The third-order valence-corrected chi connectivity index (χ3v) is 2.42. The van der Waals surface area contributed by atoms with Crippen molar-refractivity contribution in [1.82, 2.24) is 9.88 Å². The first-order chi connectivity index (χ1) is 7.77. The molecule has 1 aromatic rings. The van der Waals surface area contributed by atoms with Gasteiger partial charge in [-0.1, -0.05) is 25.3 Å². The lowest BCUT2D eigenvalue weighted by molar-refractivity contribution is 0.522. The van der Waals surface area contributed by atoms with Crippen LogP contribution in [0.1, 0.15) is 19.8 Å². The predicted molar refractivity (Wildman–Crippen MR) is 66.2 cm³/mol. The van der Waals surface area contributed by atoms with Gasteiger partial charge in [0.1, 0.15) is 0 Å². The Morgan fingerprint density at radius 1 is 1.56 bits per heavy atom. The maximum absolute atomic E-state index is 11.4. The highest BCUT2D eigenvalue weighted by atomic mass is 16.1. The van der Waals surface area contributed by atoms with Crippen LogP contribution in [0.5, 0.6) is 0 Å². The molecule has 16 heavy (non-hydrogen) atoms. The predicted octanol–water partition coefficient (Wildman–Crippen LogP) is 1.24. The van der Waals surface area contributed by atoms with Gasteiger partial charge in [0.25, 0.3) is 5.56 Å². The van der Waals surface area contributed by atoms with Crippen molar-refractivity contribution in [2.75, 3.05) is 6.54 Å². The van der Waals surface area contributed by atoms with Crippen molar-refractivity contribution in [3.05, 3.63) is 34.7 Å². The number of terminal acetylenes is 1. The fraction of sp³-hybridized carbons (Fsp3) is 0.462. The molecule has 0 aliphatic carbocycles. The van der Waals surface area contributed by atoms with Gasteiger partial charge >= 0.3 is 0 Å². The molecule has 0 aromatic carbocycles. The van der Waals surface area contributed by atoms with Crippen molar-refractivity contribution in [3.63, 3.8) is 0 Å². The highest BCUT2D eigenvalue weighted by Crippen LogP contribution is 1.94. The average molecular weight is 218 g/mol. The molecule has 86 valence electrons. The van der Waals surface area contributed by atoms with Crippen LogP contribution in [0, 0.1) is 12.3 Å². The zero-order chi connectivity index (χ0) is 11.8. The van der Waals surface area contributed by atoms with E-state index in [-0.39, 0.29) is 11.6 Å². The van der Waals surface area contributed by atoms with Crippen LogP contribution in [0.15, 0.2) is 29.2 Å². The standard InChI is InChI=1S/C13H18N2O/c1-3-7-12(4-2)14-9-11-15-10-6-5-8-13(15)16/h2,5-6,8,10,12,14H,3,7,9,11H2,1H3. The summed E-state index contributed by atoms with van der Waals surface area (Å²) in [5, 5.41) is 3.25. The van der Waals surface area contributed by atoms with E-state index in [1.165, 1.54) is 0 Å². The molecule has 0 saturated heterocycles. The summed E-state index contributed by atoms with van der Waals surface area (Å²) in [6, 6.07) is 5.27. The number of pyridine rings is 1. The smallest absolute Gasteiger partial charge is 0.250 e. The van der Waals surface area contributed by atoms with Crippen molar-refractivity contribution < 1.29 is 0 Å². The Kier molecular flexibility index (Phi) is 5.38. The Labute approximate surface area is 96.5 Å². The molecular formula is C13H18N2O. The van der Waals surface area contributed by atoms with Gasteiger partial charge in [0, 0.05) is 25.4 Å². The van der Waals surface area contributed by atoms with Gasteiger partial charge in [0.2, 0.25) is 0 Å². The summed E-state index contributed by atoms with van der Waals surface area (Å²) in [4.78, 5) is 11.4. The van der Waals surface area contributed by atoms with Crippen LogP contribution >= 0.6 is 0 Å². The number of hydrogen-bond acceptors (Lipinski definition) is 2. The van der Waals surface area contributed by atoms with Crippen LogP contribution in [-0.2, 0) is 6.54 Å². The SMILES string of the molecule is C#CC(CCC)NCCn1ccccc1=O. The lowest BCUT2D eigenvalue weighted by Crippen LogP contribution is -2.32. The number of nitrogens with zero attached hydrogens (tertiary/aromatic N) is 1. The first-order valence-electron chi connectivity index (χ1n) is 5.63. The first kappa shape index (κ1) is 12.5. The summed E-state index contributed by atoms with van der Waals surface area (Å²) in [5.74, 6) is 2.71. The molecule has 1 heterocycles. The molecule has 0 amide bonds. The van der Waals surface area contributed by atoms with E-state index in [0.29, 0.717) is 6.54 Å². The van der Waals surface area contributed by atoms with E-state index in [4.69, 9.17) is 6.42 Å². The van der Waals surface area contributed by atoms with Crippen LogP contribution in [0.2, 0.25) is 0 Å². The molecule has 0 spiro atoms. The first-order valence-corrected chi connectivity index (χ1v) is 5.63. The Hall–Kier alpha value is -1.53. The van der Waals surface area contributed by atoms with E-state index < -0.39 is 0 Å². The van der Waals surface area contributed by atoms with Crippen molar-refractivity contribution in [2.45, 2.75) is 32.4 Å². The number of nitrogens with one attached hydrogen (secondary N) is 1. The minimum absolute atomic E-state index is 0.0250. The van der Waals surface area contributed by atoms with Gasteiger partial charge in [-0.3, -0.25) is 4.79 Å². The van der Waals surface area contributed by atoms with E-state index >= 15 is 0 Å². The molecule has 0 radical (unpaired) electrons. The summed E-state index contributed by atoms with van der Waals surface area (Å²) in [6.07, 6.45) is 9.21. The van der Waals surface area contributed by atoms with Crippen LogP contribution in [0.3, 0.4) is 0 Å². The summed E-state index contributed by atoms with van der Waals surface area (Å²) >= 11 is 0. The maximum atomic E-state index is 11.4. The van der Waals surface area contributed by atoms with Gasteiger partial charge < -0.3 is 9.88 Å². The third kappa shape index (κ3) is 3.92.